The first-order valence-electron chi connectivity index (χ1n) is 20.0. The lowest BCUT2D eigenvalue weighted by Gasteiger charge is -2.20. The number of nitrogens with zero attached hydrogens (tertiary/aromatic N) is 2. The minimum atomic E-state index is -4.45. The van der Waals surface area contributed by atoms with Crippen LogP contribution < -0.4 is 22.5 Å². The number of unbranched alkanes of at least 4 members (excludes halogenated alkanes) is 13. The van der Waals surface area contributed by atoms with E-state index in [9.17, 15) is 48.3 Å². The lowest BCUT2D eigenvalue weighted by Crippen LogP contribution is -2.33. The van der Waals surface area contributed by atoms with Crippen LogP contribution in [0.2, 0.25) is 0 Å². The number of aromatic amines is 2. The molecule has 0 amide bonds. The summed E-state index contributed by atoms with van der Waals surface area (Å²) in [6.07, 6.45) is 10.8. The molecule has 57 heavy (non-hydrogen) atoms. The molecular weight excluding hydrogens is 790 g/mol. The molecule has 19 nitrogen and oxygen atoms in total. The quantitative estimate of drug-likeness (QED) is 0.0581. The van der Waals surface area contributed by atoms with Crippen LogP contribution >= 0.6 is 15.4 Å². The Balaban J connectivity index is 0.966. The minimum absolute atomic E-state index is 0.000652. The van der Waals surface area contributed by atoms with Crippen molar-refractivity contribution in [3.05, 3.63) is 65.2 Å². The van der Waals surface area contributed by atoms with Crippen LogP contribution in [0.3, 0.4) is 0 Å². The van der Waals surface area contributed by atoms with E-state index in [0.29, 0.717) is 18.4 Å². The first kappa shape index (κ1) is 47.1. The molecule has 2 aliphatic heterocycles. The third-order valence-corrected chi connectivity index (χ3v) is 12.8. The number of phosphoric ester groups is 1. The number of H-pyrrole nitrogens is 2. The summed E-state index contributed by atoms with van der Waals surface area (Å²) >= 11 is 0. The van der Waals surface area contributed by atoms with Gasteiger partial charge in [0.25, 0.3) is 11.1 Å². The van der Waals surface area contributed by atoms with E-state index in [0.717, 1.165) is 81.6 Å². The fraction of sp³-hybridized carbons (Fsp3) is 0.778. The number of ether oxygens (including phenoxy) is 2. The summed E-state index contributed by atoms with van der Waals surface area (Å²) in [5.41, 5.74) is -1.81. The van der Waals surface area contributed by atoms with Gasteiger partial charge in [-0.25, -0.2) is 14.2 Å². The Bertz CT molecular complexity index is 1760. The molecule has 21 heteroatoms. The molecule has 4 heterocycles. The molecule has 0 aliphatic carbocycles. The standard InChI is InChI=1S/C36H60N4O15P2/c1-25-21-39(35(45)37-33(25)43)31-19-27(29(23-41)52-31)54-56(47,48)18-16-14-12-10-8-6-4-3-5-7-9-11-13-15-17-51-57(49,50)55-28-20-32(53-30(28)24-42)40-22-26(2)34(44)38-36(40)46/h21-22,27-32,41-42H,3-20,23-24H2,1-2H3,(H,47,48)(H,49,50)(H,37,43,45)(H,38,44,46)/t27-,28-,29+,30+,31+,32+/m0/s1. The Morgan fingerprint density at radius 3 is 1.46 bits per heavy atom. The van der Waals surface area contributed by atoms with E-state index >= 15 is 0 Å². The topological polar surface area (TPSA) is 271 Å². The van der Waals surface area contributed by atoms with Crippen LogP contribution in [0.4, 0.5) is 0 Å². The van der Waals surface area contributed by atoms with Crippen molar-refractivity contribution in [3.63, 3.8) is 0 Å². The number of hydrogen-bond acceptors (Lipinski definition) is 13. The Kier molecular flexibility index (Phi) is 18.8. The van der Waals surface area contributed by atoms with Gasteiger partial charge in [-0.05, 0) is 26.7 Å². The first-order valence-corrected chi connectivity index (χ1v) is 23.2. The summed E-state index contributed by atoms with van der Waals surface area (Å²) in [4.78, 5) is 72.9. The maximum atomic E-state index is 12.8. The van der Waals surface area contributed by atoms with E-state index in [1.807, 2.05) is 0 Å². The van der Waals surface area contributed by atoms with Crippen molar-refractivity contribution in [3.8, 4) is 0 Å². The highest BCUT2D eigenvalue weighted by Gasteiger charge is 2.42. The summed E-state index contributed by atoms with van der Waals surface area (Å²) in [6, 6.07) is 0. The van der Waals surface area contributed by atoms with Gasteiger partial charge in [0.15, 0.2) is 0 Å². The molecule has 2 aromatic rings. The van der Waals surface area contributed by atoms with Crippen LogP contribution in [0.25, 0.3) is 0 Å². The first-order chi connectivity index (χ1) is 27.1. The number of rotatable bonds is 26. The summed E-state index contributed by atoms with van der Waals surface area (Å²) < 4.78 is 55.0. The van der Waals surface area contributed by atoms with Gasteiger partial charge < -0.3 is 34.0 Å². The number of aryl methyl sites for hydroxylation is 2. The van der Waals surface area contributed by atoms with Gasteiger partial charge in [0.1, 0.15) is 30.8 Å². The summed E-state index contributed by atoms with van der Waals surface area (Å²) in [5.74, 6) is 0. The van der Waals surface area contributed by atoms with Crippen LogP contribution in [-0.4, -0.2) is 89.5 Å². The molecule has 0 radical (unpaired) electrons. The van der Waals surface area contributed by atoms with Crippen molar-refractivity contribution < 1.29 is 52.2 Å². The molecule has 0 spiro atoms. The number of phosphoric acid groups is 1. The monoisotopic (exact) mass is 850 g/mol. The van der Waals surface area contributed by atoms with Crippen molar-refractivity contribution >= 4 is 15.4 Å². The molecule has 2 fully saturated rings. The Morgan fingerprint density at radius 2 is 1.04 bits per heavy atom. The second kappa shape index (κ2) is 22.7. The molecule has 324 valence electrons. The van der Waals surface area contributed by atoms with Gasteiger partial charge in [0.2, 0.25) is 0 Å². The van der Waals surface area contributed by atoms with Gasteiger partial charge in [0.05, 0.1) is 25.9 Å². The van der Waals surface area contributed by atoms with Gasteiger partial charge in [0, 0.05) is 42.5 Å². The number of nitrogens with one attached hydrogen (secondary N) is 2. The third kappa shape index (κ3) is 14.9. The van der Waals surface area contributed by atoms with Crippen LogP contribution in [0, 0.1) is 13.8 Å². The average Bonchev–Trinajstić information content (AvgIpc) is 3.74. The van der Waals surface area contributed by atoms with E-state index in [1.54, 1.807) is 6.92 Å². The molecular formula is C36H60N4O15P2. The summed E-state index contributed by atoms with van der Waals surface area (Å²) in [5, 5.41) is 19.4. The lowest BCUT2D eigenvalue weighted by molar-refractivity contribution is -0.0464. The van der Waals surface area contributed by atoms with Crippen molar-refractivity contribution in [1.82, 2.24) is 19.1 Å². The fourth-order valence-corrected chi connectivity index (χ4v) is 9.43. The molecule has 8 atom stereocenters. The average molecular weight is 851 g/mol. The highest BCUT2D eigenvalue weighted by molar-refractivity contribution is 7.52. The van der Waals surface area contributed by atoms with Gasteiger partial charge >= 0.3 is 26.8 Å². The van der Waals surface area contributed by atoms with E-state index in [-0.39, 0.29) is 31.2 Å². The second-order valence-corrected chi connectivity index (χ2v) is 18.3. The molecule has 2 saturated heterocycles. The molecule has 4 rings (SSSR count). The largest absolute Gasteiger partial charge is 0.472 e. The molecule has 2 unspecified atom stereocenters. The lowest BCUT2D eigenvalue weighted by atomic mass is 10.0. The second-order valence-electron chi connectivity index (χ2n) is 15.0. The van der Waals surface area contributed by atoms with Crippen LogP contribution in [-0.2, 0) is 32.2 Å². The van der Waals surface area contributed by atoms with E-state index in [1.165, 1.54) is 23.9 Å². The number of aromatic nitrogens is 4. The van der Waals surface area contributed by atoms with E-state index in [4.69, 9.17) is 23.0 Å². The zero-order chi connectivity index (χ0) is 41.6. The maximum absolute atomic E-state index is 12.8. The predicted octanol–water partition coefficient (Wildman–Crippen LogP) is 3.80. The van der Waals surface area contributed by atoms with Crippen LogP contribution in [0.5, 0.6) is 0 Å². The normalized spacial score (nSPS) is 24.5. The predicted molar refractivity (Wildman–Crippen MR) is 208 cm³/mol. The van der Waals surface area contributed by atoms with Gasteiger partial charge in [-0.3, -0.25) is 42.3 Å². The highest BCUT2D eigenvalue weighted by Crippen LogP contribution is 2.49. The molecule has 0 saturated carbocycles. The summed E-state index contributed by atoms with van der Waals surface area (Å²) in [7, 11) is -8.40. The van der Waals surface area contributed by atoms with E-state index < -0.39 is 88.0 Å². The Labute approximate surface area is 330 Å². The molecule has 2 aliphatic rings. The maximum Gasteiger partial charge on any atom is 0.472 e. The highest BCUT2D eigenvalue weighted by atomic mass is 31.2. The molecule has 0 aromatic carbocycles. The zero-order valence-corrected chi connectivity index (χ0v) is 34.6. The van der Waals surface area contributed by atoms with Gasteiger partial charge in [-0.15, -0.1) is 0 Å². The van der Waals surface area contributed by atoms with Crippen LogP contribution in [0.1, 0.15) is 126 Å². The SMILES string of the molecule is Cc1cn([C@H]2C[C@H](OP(=O)(O)CCCCCCCCCCCCCCCCOP(=O)(O)O[C@H]3C[C@H](n4cc(C)c(=O)[nH]c4=O)O[C@@H]3CO)[C@@H](CO)O2)c(=O)[nH]c1=O. The Morgan fingerprint density at radius 1 is 0.649 bits per heavy atom. The van der Waals surface area contributed by atoms with Crippen LogP contribution in [0.15, 0.2) is 31.6 Å². The fourth-order valence-electron chi connectivity index (χ4n) is 7.07. The van der Waals surface area contributed by atoms with Gasteiger partial charge in [-0.2, -0.15) is 0 Å². The van der Waals surface area contributed by atoms with E-state index in [2.05, 4.69) is 9.97 Å². The number of aliphatic hydroxyl groups excluding tert-OH is 2. The smallest absolute Gasteiger partial charge is 0.394 e. The Hall–Kier alpha value is -2.54. The zero-order valence-electron chi connectivity index (χ0n) is 32.8. The molecule has 6 N–H and O–H groups in total. The molecule has 2 aromatic heterocycles. The van der Waals surface area contributed by atoms with Crippen molar-refractivity contribution in [2.45, 2.75) is 153 Å². The third-order valence-electron chi connectivity index (χ3n) is 10.3. The molecule has 0 bridgehead atoms. The number of aliphatic hydroxyl groups is 2. The number of hydrogen-bond donors (Lipinski definition) is 6. The van der Waals surface area contributed by atoms with Crippen molar-refractivity contribution in [1.29, 1.82) is 0 Å². The van der Waals surface area contributed by atoms with Crippen molar-refractivity contribution in [2.75, 3.05) is 26.0 Å². The van der Waals surface area contributed by atoms with Gasteiger partial charge in [-0.1, -0.05) is 77.0 Å². The minimum Gasteiger partial charge on any atom is -0.394 e. The summed E-state index contributed by atoms with van der Waals surface area (Å²) in [6.45, 7) is 2.16. The van der Waals surface area contributed by atoms with Crippen molar-refractivity contribution in [2.24, 2.45) is 0 Å².